The van der Waals surface area contributed by atoms with Gasteiger partial charge in [-0.3, -0.25) is 4.79 Å². The van der Waals surface area contributed by atoms with Crippen LogP contribution in [0.25, 0.3) is 11.2 Å². The molecule has 5 rings (SSSR count). The molecule has 25 heavy (non-hydrogen) atoms. The number of nitrogens with zero attached hydrogens (tertiary/aromatic N) is 3. The van der Waals surface area contributed by atoms with Crippen LogP contribution in [0.1, 0.15) is 40.9 Å². The molecule has 2 aliphatic rings. The van der Waals surface area contributed by atoms with Crippen molar-refractivity contribution in [1.29, 1.82) is 0 Å². The van der Waals surface area contributed by atoms with Crippen LogP contribution in [0.3, 0.4) is 0 Å². The van der Waals surface area contributed by atoms with Crippen LogP contribution in [0, 0.1) is 0 Å². The number of carbonyl (C=O) groups excluding carboxylic acids is 1. The van der Waals surface area contributed by atoms with Crippen molar-refractivity contribution >= 4 is 17.1 Å². The molecule has 0 unspecified atom stereocenters. The van der Waals surface area contributed by atoms with Gasteiger partial charge < -0.3 is 9.88 Å². The van der Waals surface area contributed by atoms with Gasteiger partial charge in [0.15, 0.2) is 5.65 Å². The smallest absolute Gasteiger partial charge is 0.272 e. The third-order valence-corrected chi connectivity index (χ3v) is 5.97. The Morgan fingerprint density at radius 1 is 1.08 bits per heavy atom. The number of aryl methyl sites for hydroxylation is 1. The molecule has 1 saturated heterocycles. The number of imidazole rings is 1. The number of rotatable bonds is 1. The number of likely N-dealkylation sites (tertiary alicyclic amines) is 1. The fourth-order valence-electron chi connectivity index (χ4n) is 4.53. The van der Waals surface area contributed by atoms with Gasteiger partial charge in [0, 0.05) is 13.1 Å². The predicted octanol–water partition coefficient (Wildman–Crippen LogP) is 3.08. The first-order valence-electron chi connectivity index (χ1n) is 8.93. The Balaban J connectivity index is 1.36. The molecule has 3 aromatic rings. The number of amides is 1. The van der Waals surface area contributed by atoms with E-state index in [1.807, 2.05) is 11.0 Å². The van der Waals surface area contributed by atoms with E-state index in [0.29, 0.717) is 11.3 Å². The number of fused-ring (bicyclic) bond motifs is 3. The minimum absolute atomic E-state index is 0.0195. The first-order valence-corrected chi connectivity index (χ1v) is 8.93. The zero-order valence-corrected chi connectivity index (χ0v) is 14.0. The highest BCUT2D eigenvalue weighted by Gasteiger charge is 2.41. The largest absolute Gasteiger partial charge is 0.343 e. The van der Waals surface area contributed by atoms with E-state index >= 15 is 0 Å². The Morgan fingerprint density at radius 3 is 2.80 bits per heavy atom. The third-order valence-electron chi connectivity index (χ3n) is 5.97. The van der Waals surface area contributed by atoms with Gasteiger partial charge in [-0.2, -0.15) is 0 Å². The summed E-state index contributed by atoms with van der Waals surface area (Å²) in [5.41, 5.74) is 5.22. The van der Waals surface area contributed by atoms with Crippen LogP contribution in [0.5, 0.6) is 0 Å². The number of benzene rings is 1. The van der Waals surface area contributed by atoms with Crippen molar-refractivity contribution in [3.63, 3.8) is 0 Å². The average Bonchev–Trinajstić information content (AvgIpc) is 3.27. The van der Waals surface area contributed by atoms with Crippen molar-refractivity contribution in [2.45, 2.75) is 31.1 Å². The molecule has 1 N–H and O–H groups in total. The van der Waals surface area contributed by atoms with Crippen LogP contribution in [0.15, 0.2) is 42.7 Å². The number of nitrogens with one attached hydrogen (secondary N) is 1. The topological polar surface area (TPSA) is 61.9 Å². The Morgan fingerprint density at radius 2 is 1.92 bits per heavy atom. The molecule has 126 valence electrons. The van der Waals surface area contributed by atoms with Crippen LogP contribution in [-0.4, -0.2) is 38.8 Å². The first kappa shape index (κ1) is 14.6. The van der Waals surface area contributed by atoms with Crippen molar-refractivity contribution in [2.24, 2.45) is 0 Å². The number of aromatic amines is 1. The van der Waals surface area contributed by atoms with E-state index in [1.54, 1.807) is 12.4 Å². The lowest BCUT2D eigenvalue weighted by Crippen LogP contribution is -2.44. The predicted molar refractivity (Wildman–Crippen MR) is 95.5 cm³/mol. The van der Waals surface area contributed by atoms with Crippen LogP contribution < -0.4 is 0 Å². The van der Waals surface area contributed by atoms with Crippen LogP contribution in [0.2, 0.25) is 0 Å². The molecule has 1 aromatic carbocycles. The van der Waals surface area contributed by atoms with Gasteiger partial charge in [-0.25, -0.2) is 9.97 Å². The Bertz CT molecular complexity index is 953. The minimum atomic E-state index is 0.0195. The van der Waals surface area contributed by atoms with Crippen molar-refractivity contribution in [3.05, 3.63) is 59.5 Å². The summed E-state index contributed by atoms with van der Waals surface area (Å²) < 4.78 is 0. The van der Waals surface area contributed by atoms with E-state index in [1.165, 1.54) is 24.0 Å². The number of H-pyrrole nitrogens is 1. The highest BCUT2D eigenvalue weighted by molar-refractivity contribution is 5.94. The molecule has 0 saturated carbocycles. The molecule has 1 aliphatic heterocycles. The molecule has 0 atom stereocenters. The van der Waals surface area contributed by atoms with Gasteiger partial charge in [0.05, 0.1) is 11.8 Å². The normalized spacial score (nSPS) is 18.6. The lowest BCUT2D eigenvalue weighted by Gasteiger charge is -2.40. The Labute approximate surface area is 146 Å². The average molecular weight is 332 g/mol. The van der Waals surface area contributed by atoms with E-state index in [-0.39, 0.29) is 11.3 Å². The lowest BCUT2D eigenvalue weighted by molar-refractivity contribution is 0.0660. The molecule has 0 radical (unpaired) electrons. The second-order valence-electron chi connectivity index (χ2n) is 7.20. The summed E-state index contributed by atoms with van der Waals surface area (Å²) in [4.78, 5) is 26.4. The van der Waals surface area contributed by atoms with Crippen molar-refractivity contribution in [3.8, 4) is 0 Å². The summed E-state index contributed by atoms with van der Waals surface area (Å²) in [5.74, 6) is 0.0195. The molecule has 1 aliphatic carbocycles. The molecular formula is C20H20N4O. The van der Waals surface area contributed by atoms with E-state index in [0.717, 1.165) is 31.4 Å². The first-order chi connectivity index (χ1) is 12.3. The Kier molecular flexibility index (Phi) is 3.17. The maximum absolute atomic E-state index is 12.8. The van der Waals surface area contributed by atoms with Gasteiger partial charge in [-0.05, 0) is 54.4 Å². The quantitative estimate of drug-likeness (QED) is 0.745. The second kappa shape index (κ2) is 5.41. The third kappa shape index (κ3) is 2.26. The van der Waals surface area contributed by atoms with Gasteiger partial charge in [0.1, 0.15) is 5.69 Å². The van der Waals surface area contributed by atoms with E-state index in [9.17, 15) is 4.79 Å². The molecule has 1 amide bonds. The SMILES string of the molecule is O=C(c1ccc2[nH]cnc2n1)N1CCC2(CCc3ccccc32)CC1. The molecule has 1 spiro atoms. The summed E-state index contributed by atoms with van der Waals surface area (Å²) in [6, 6.07) is 12.5. The van der Waals surface area contributed by atoms with Gasteiger partial charge >= 0.3 is 0 Å². The van der Waals surface area contributed by atoms with Gasteiger partial charge in [-0.15, -0.1) is 0 Å². The number of piperidine rings is 1. The van der Waals surface area contributed by atoms with Crippen LogP contribution >= 0.6 is 0 Å². The minimum Gasteiger partial charge on any atom is -0.343 e. The van der Waals surface area contributed by atoms with Gasteiger partial charge in [0.2, 0.25) is 0 Å². The van der Waals surface area contributed by atoms with Gasteiger partial charge in [0.25, 0.3) is 5.91 Å². The molecule has 5 heteroatoms. The molecule has 3 heterocycles. The number of aromatic nitrogens is 3. The van der Waals surface area contributed by atoms with E-state index in [2.05, 4.69) is 39.2 Å². The summed E-state index contributed by atoms with van der Waals surface area (Å²) in [5, 5.41) is 0. The van der Waals surface area contributed by atoms with Crippen LogP contribution in [-0.2, 0) is 11.8 Å². The van der Waals surface area contributed by atoms with Crippen molar-refractivity contribution in [1.82, 2.24) is 19.9 Å². The number of carbonyl (C=O) groups is 1. The zero-order chi connectivity index (χ0) is 16.9. The number of hydrogen-bond donors (Lipinski definition) is 1. The molecular weight excluding hydrogens is 312 g/mol. The van der Waals surface area contributed by atoms with Crippen molar-refractivity contribution in [2.75, 3.05) is 13.1 Å². The number of pyridine rings is 1. The fourth-order valence-corrected chi connectivity index (χ4v) is 4.53. The molecule has 1 fully saturated rings. The van der Waals surface area contributed by atoms with Gasteiger partial charge in [-0.1, -0.05) is 24.3 Å². The maximum Gasteiger partial charge on any atom is 0.272 e. The summed E-state index contributed by atoms with van der Waals surface area (Å²) in [6.45, 7) is 1.60. The highest BCUT2D eigenvalue weighted by atomic mass is 16.2. The highest BCUT2D eigenvalue weighted by Crippen LogP contribution is 2.46. The summed E-state index contributed by atoms with van der Waals surface area (Å²) in [7, 11) is 0. The van der Waals surface area contributed by atoms with Crippen LogP contribution in [0.4, 0.5) is 0 Å². The van der Waals surface area contributed by atoms with Crippen molar-refractivity contribution < 1.29 is 4.79 Å². The standard InChI is InChI=1S/C20H20N4O/c25-19(17-6-5-16-18(23-17)22-13-21-16)24-11-9-20(10-12-24)8-7-14-3-1-2-4-15(14)20/h1-6,13H,7-12H2,(H,21,22,23). The summed E-state index contributed by atoms with van der Waals surface area (Å²) in [6.07, 6.45) is 6.07. The summed E-state index contributed by atoms with van der Waals surface area (Å²) >= 11 is 0. The zero-order valence-electron chi connectivity index (χ0n) is 14.0. The molecule has 0 bridgehead atoms. The monoisotopic (exact) mass is 332 g/mol. The number of hydrogen-bond acceptors (Lipinski definition) is 3. The second-order valence-corrected chi connectivity index (χ2v) is 7.20. The lowest BCUT2D eigenvalue weighted by atomic mass is 9.74. The molecule has 5 nitrogen and oxygen atoms in total. The fraction of sp³-hybridized carbons (Fsp3) is 0.350. The van der Waals surface area contributed by atoms with E-state index < -0.39 is 0 Å². The Hall–Kier alpha value is -2.69. The maximum atomic E-state index is 12.8. The van der Waals surface area contributed by atoms with E-state index in [4.69, 9.17) is 0 Å². The molecule has 2 aromatic heterocycles.